The average Bonchev–Trinajstić information content (AvgIpc) is 3.40. The molecule has 0 saturated carbocycles. The minimum Gasteiger partial charge on any atom is -0.464 e. The maximum atomic E-state index is 11.6. The molecule has 1 aromatic carbocycles. The van der Waals surface area contributed by atoms with Crippen LogP contribution in [0.25, 0.3) is 11.3 Å². The lowest BCUT2D eigenvalue weighted by molar-refractivity contribution is -0.126. The number of benzene rings is 1. The van der Waals surface area contributed by atoms with E-state index in [9.17, 15) is 4.79 Å². The van der Waals surface area contributed by atoms with Crippen LogP contribution in [0.5, 0.6) is 0 Å². The molecule has 2 saturated heterocycles. The molecule has 0 bridgehead atoms. The van der Waals surface area contributed by atoms with E-state index in [2.05, 4.69) is 34.5 Å². The van der Waals surface area contributed by atoms with Crippen molar-refractivity contribution < 1.29 is 18.7 Å². The summed E-state index contributed by atoms with van der Waals surface area (Å²) < 4.78 is 16.9. The fraction of sp³-hybridized carbons (Fsp3) is 0.522. The van der Waals surface area contributed by atoms with Crippen LogP contribution in [0.1, 0.15) is 31.2 Å². The molecule has 1 unspecified atom stereocenters. The zero-order valence-electron chi connectivity index (χ0n) is 17.1. The predicted molar refractivity (Wildman–Crippen MR) is 110 cm³/mol. The van der Waals surface area contributed by atoms with Crippen LogP contribution in [0, 0.1) is 0 Å². The summed E-state index contributed by atoms with van der Waals surface area (Å²) in [6, 6.07) is 12.4. The van der Waals surface area contributed by atoms with Gasteiger partial charge >= 0.3 is 0 Å². The molecule has 1 atom stereocenters. The summed E-state index contributed by atoms with van der Waals surface area (Å²) in [5.41, 5.74) is 2.44. The fourth-order valence-electron chi connectivity index (χ4n) is 4.51. The molecular formula is C23H30N2O4. The number of carbonyl (C=O) groups excluding carboxylic acids is 1. The molecule has 2 fully saturated rings. The highest BCUT2D eigenvalue weighted by molar-refractivity contribution is 5.77. The molecule has 0 aliphatic carbocycles. The number of nitrogens with one attached hydrogen (secondary N) is 1. The molecule has 6 heteroatoms. The highest BCUT2D eigenvalue weighted by Crippen LogP contribution is 2.39. The Morgan fingerprint density at radius 3 is 2.79 bits per heavy atom. The molecule has 2 aromatic rings. The second-order valence-corrected chi connectivity index (χ2v) is 8.11. The maximum absolute atomic E-state index is 11.6. The molecule has 3 heterocycles. The summed E-state index contributed by atoms with van der Waals surface area (Å²) in [7, 11) is 1.53. The van der Waals surface area contributed by atoms with Crippen LogP contribution < -0.4 is 5.32 Å². The summed E-state index contributed by atoms with van der Waals surface area (Å²) >= 11 is 0. The molecule has 156 valence electrons. The Kier molecular flexibility index (Phi) is 6.33. The van der Waals surface area contributed by atoms with Gasteiger partial charge in [-0.25, -0.2) is 0 Å². The number of hydrogen-bond acceptors (Lipinski definition) is 5. The van der Waals surface area contributed by atoms with Crippen LogP contribution >= 0.6 is 0 Å². The van der Waals surface area contributed by atoms with Crippen molar-refractivity contribution in [2.24, 2.45) is 0 Å². The third kappa shape index (κ3) is 4.89. The number of piperidine rings is 1. The molecule has 1 aromatic heterocycles. The SMILES string of the molecule is COCC(=O)NCC1CCC2(CCN(Cc3ccccc3-c3ccco3)CC2)O1. The van der Waals surface area contributed by atoms with Gasteiger partial charge in [-0.15, -0.1) is 0 Å². The van der Waals surface area contributed by atoms with E-state index in [1.807, 2.05) is 12.1 Å². The Bertz CT molecular complexity index is 797. The number of ether oxygens (including phenoxy) is 2. The zero-order chi connectivity index (χ0) is 20.1. The molecule has 6 nitrogen and oxygen atoms in total. The van der Waals surface area contributed by atoms with Crippen LogP contribution in [0.3, 0.4) is 0 Å². The zero-order valence-corrected chi connectivity index (χ0v) is 17.1. The van der Waals surface area contributed by atoms with Crippen molar-refractivity contribution in [1.82, 2.24) is 10.2 Å². The van der Waals surface area contributed by atoms with E-state index in [4.69, 9.17) is 13.9 Å². The number of rotatable bonds is 7. The summed E-state index contributed by atoms with van der Waals surface area (Å²) in [4.78, 5) is 14.1. The van der Waals surface area contributed by atoms with Crippen molar-refractivity contribution in [2.45, 2.75) is 43.9 Å². The predicted octanol–water partition coefficient (Wildman–Crippen LogP) is 3.22. The lowest BCUT2D eigenvalue weighted by Crippen LogP contribution is -2.45. The first kappa shape index (κ1) is 20.1. The Morgan fingerprint density at radius 2 is 2.03 bits per heavy atom. The first-order valence-electron chi connectivity index (χ1n) is 10.4. The van der Waals surface area contributed by atoms with E-state index in [0.29, 0.717) is 6.54 Å². The van der Waals surface area contributed by atoms with Crippen molar-refractivity contribution in [3.8, 4) is 11.3 Å². The van der Waals surface area contributed by atoms with E-state index in [1.165, 1.54) is 18.2 Å². The number of likely N-dealkylation sites (tertiary alicyclic amines) is 1. The van der Waals surface area contributed by atoms with Crippen molar-refractivity contribution in [1.29, 1.82) is 0 Å². The molecule has 1 spiro atoms. The Morgan fingerprint density at radius 1 is 1.21 bits per heavy atom. The molecule has 29 heavy (non-hydrogen) atoms. The number of carbonyl (C=O) groups is 1. The summed E-state index contributed by atoms with van der Waals surface area (Å²) in [5, 5.41) is 2.90. The Balaban J connectivity index is 1.29. The van der Waals surface area contributed by atoms with Crippen LogP contribution in [-0.4, -0.2) is 55.9 Å². The van der Waals surface area contributed by atoms with Gasteiger partial charge in [0.05, 0.1) is 18.0 Å². The van der Waals surface area contributed by atoms with E-state index in [0.717, 1.165) is 51.1 Å². The normalized spacial score (nSPS) is 21.5. The van der Waals surface area contributed by atoms with E-state index < -0.39 is 0 Å². The minimum atomic E-state index is -0.0814. The standard InChI is InChI=1S/C23H30N2O4/c1-27-17-22(26)24-15-19-8-9-23(29-19)10-12-25(13-11-23)16-18-5-2-3-6-20(18)21-7-4-14-28-21/h2-7,14,19H,8-13,15-17H2,1H3,(H,24,26). The minimum absolute atomic E-state index is 0.0202. The van der Waals surface area contributed by atoms with E-state index in [-0.39, 0.29) is 24.2 Å². The second kappa shape index (κ2) is 9.11. The van der Waals surface area contributed by atoms with E-state index >= 15 is 0 Å². The highest BCUT2D eigenvalue weighted by Gasteiger charge is 2.42. The molecule has 1 N–H and O–H groups in total. The molecule has 2 aliphatic heterocycles. The van der Waals surface area contributed by atoms with Gasteiger partial charge in [-0.05, 0) is 43.4 Å². The molecule has 1 amide bonds. The smallest absolute Gasteiger partial charge is 0.246 e. The summed E-state index contributed by atoms with van der Waals surface area (Å²) in [6.45, 7) is 3.64. The van der Waals surface area contributed by atoms with Crippen molar-refractivity contribution >= 4 is 5.91 Å². The Labute approximate surface area is 172 Å². The quantitative estimate of drug-likeness (QED) is 0.776. The van der Waals surface area contributed by atoms with Gasteiger partial charge in [0.25, 0.3) is 0 Å². The van der Waals surface area contributed by atoms with Crippen LogP contribution in [-0.2, 0) is 20.8 Å². The fourth-order valence-corrected chi connectivity index (χ4v) is 4.51. The first-order chi connectivity index (χ1) is 14.2. The largest absolute Gasteiger partial charge is 0.464 e. The van der Waals surface area contributed by atoms with Crippen molar-refractivity contribution in [3.63, 3.8) is 0 Å². The maximum Gasteiger partial charge on any atom is 0.246 e. The number of nitrogens with zero attached hydrogens (tertiary/aromatic N) is 1. The monoisotopic (exact) mass is 398 g/mol. The lowest BCUT2D eigenvalue weighted by atomic mass is 9.88. The molecule has 0 radical (unpaired) electrons. The Hall–Kier alpha value is -2.15. The van der Waals surface area contributed by atoms with Crippen LogP contribution in [0.4, 0.5) is 0 Å². The van der Waals surface area contributed by atoms with Gasteiger partial charge in [-0.3, -0.25) is 9.69 Å². The number of hydrogen-bond donors (Lipinski definition) is 1. The number of methoxy groups -OCH3 is 1. The van der Waals surface area contributed by atoms with Gasteiger partial charge in [0.15, 0.2) is 0 Å². The van der Waals surface area contributed by atoms with Gasteiger partial charge in [-0.2, -0.15) is 0 Å². The van der Waals surface area contributed by atoms with Gasteiger partial charge in [-0.1, -0.05) is 24.3 Å². The topological polar surface area (TPSA) is 63.9 Å². The lowest BCUT2D eigenvalue weighted by Gasteiger charge is -2.39. The second-order valence-electron chi connectivity index (χ2n) is 8.11. The average molecular weight is 399 g/mol. The van der Waals surface area contributed by atoms with Crippen LogP contribution in [0.2, 0.25) is 0 Å². The molecule has 2 aliphatic rings. The summed E-state index contributed by atoms with van der Waals surface area (Å²) in [5.74, 6) is 0.841. The van der Waals surface area contributed by atoms with Gasteiger partial charge in [0.1, 0.15) is 12.4 Å². The number of amides is 1. The first-order valence-corrected chi connectivity index (χ1v) is 10.4. The van der Waals surface area contributed by atoms with Gasteiger partial charge < -0.3 is 19.2 Å². The van der Waals surface area contributed by atoms with Crippen molar-refractivity contribution in [2.75, 3.05) is 33.4 Å². The van der Waals surface area contributed by atoms with E-state index in [1.54, 1.807) is 6.26 Å². The van der Waals surface area contributed by atoms with Gasteiger partial charge in [0.2, 0.25) is 5.91 Å². The highest BCUT2D eigenvalue weighted by atomic mass is 16.5. The summed E-state index contributed by atoms with van der Waals surface area (Å²) in [6.07, 6.45) is 6.00. The molecular weight excluding hydrogens is 368 g/mol. The molecule has 4 rings (SSSR count). The van der Waals surface area contributed by atoms with Gasteiger partial charge in [0, 0.05) is 38.9 Å². The third-order valence-electron chi connectivity index (χ3n) is 6.11. The third-order valence-corrected chi connectivity index (χ3v) is 6.11. The number of furan rings is 1. The van der Waals surface area contributed by atoms with Crippen LogP contribution in [0.15, 0.2) is 47.1 Å². The van der Waals surface area contributed by atoms with Crippen molar-refractivity contribution in [3.05, 3.63) is 48.2 Å².